The Balaban J connectivity index is 2.15. The van der Waals surface area contributed by atoms with Gasteiger partial charge in [-0.2, -0.15) is 0 Å². The number of nitro groups is 1. The van der Waals surface area contributed by atoms with E-state index in [9.17, 15) is 20.0 Å². The number of rotatable bonds is 2. The van der Waals surface area contributed by atoms with E-state index in [1.165, 1.54) is 12.1 Å². The van der Waals surface area contributed by atoms with E-state index in [1.807, 2.05) is 20.8 Å². The Hall–Kier alpha value is -1.95. The van der Waals surface area contributed by atoms with Crippen LogP contribution in [-0.2, 0) is 10.2 Å². The van der Waals surface area contributed by atoms with Crippen molar-refractivity contribution in [1.29, 1.82) is 0 Å². The molecule has 0 bridgehead atoms. The molecule has 1 aromatic carbocycles. The van der Waals surface area contributed by atoms with Crippen molar-refractivity contribution >= 4 is 11.6 Å². The van der Waals surface area contributed by atoms with Gasteiger partial charge in [-0.15, -0.1) is 0 Å². The maximum absolute atomic E-state index is 12.2. The molecule has 118 valence electrons. The van der Waals surface area contributed by atoms with E-state index >= 15 is 0 Å². The van der Waals surface area contributed by atoms with Gasteiger partial charge >= 0.3 is 0 Å². The highest BCUT2D eigenvalue weighted by Crippen LogP contribution is 2.50. The summed E-state index contributed by atoms with van der Waals surface area (Å²) in [5.41, 5.74) is 1.03. The lowest BCUT2D eigenvalue weighted by Crippen LogP contribution is -2.43. The van der Waals surface area contributed by atoms with Crippen molar-refractivity contribution in [2.45, 2.75) is 57.2 Å². The molecule has 1 N–H and O–H groups in total. The lowest BCUT2D eigenvalue weighted by Gasteiger charge is -2.34. The highest BCUT2D eigenvalue weighted by atomic mass is 16.6. The number of hydrogen-bond acceptors (Lipinski definition) is 4. The maximum atomic E-state index is 12.2. The smallest absolute Gasteiger partial charge is 0.269 e. The molecular formula is C16H20N2O4. The highest BCUT2D eigenvalue weighted by Gasteiger charge is 2.51. The molecule has 1 heterocycles. The zero-order valence-electron chi connectivity index (χ0n) is 12.9. The molecule has 0 radical (unpaired) electrons. The number of nitrogens with zero attached hydrogens (tertiary/aromatic N) is 2. The fourth-order valence-electron chi connectivity index (χ4n) is 3.80. The van der Waals surface area contributed by atoms with Crippen LogP contribution < -0.4 is 0 Å². The van der Waals surface area contributed by atoms with E-state index in [1.54, 1.807) is 11.0 Å². The van der Waals surface area contributed by atoms with Crippen LogP contribution >= 0.6 is 0 Å². The first kappa shape index (κ1) is 15.0. The Morgan fingerprint density at radius 2 is 2.09 bits per heavy atom. The number of nitro benzene ring substituents is 1. The quantitative estimate of drug-likeness (QED) is 0.671. The van der Waals surface area contributed by atoms with Gasteiger partial charge in [0.05, 0.1) is 17.1 Å². The molecule has 6 heteroatoms. The van der Waals surface area contributed by atoms with Crippen LogP contribution in [0.15, 0.2) is 18.2 Å². The van der Waals surface area contributed by atoms with E-state index in [0.717, 1.165) is 12.0 Å². The van der Waals surface area contributed by atoms with E-state index in [-0.39, 0.29) is 17.6 Å². The van der Waals surface area contributed by atoms with Crippen LogP contribution in [0.4, 0.5) is 5.69 Å². The van der Waals surface area contributed by atoms with Crippen molar-refractivity contribution in [1.82, 2.24) is 4.90 Å². The van der Waals surface area contributed by atoms with Crippen LogP contribution in [0.25, 0.3) is 0 Å². The predicted octanol–water partition coefficient (Wildman–Crippen LogP) is 2.30. The molecule has 0 aromatic heterocycles. The molecular weight excluding hydrogens is 284 g/mol. The number of non-ortho nitro benzene ring substituents is 1. The van der Waals surface area contributed by atoms with Crippen LogP contribution in [0.2, 0.25) is 0 Å². The van der Waals surface area contributed by atoms with E-state index in [0.29, 0.717) is 12.0 Å². The second-order valence-corrected chi connectivity index (χ2v) is 6.83. The summed E-state index contributed by atoms with van der Waals surface area (Å²) >= 11 is 0. The normalized spacial score (nSPS) is 29.7. The first-order valence-electron chi connectivity index (χ1n) is 7.53. The third-order valence-corrected chi connectivity index (χ3v) is 5.14. The van der Waals surface area contributed by atoms with E-state index < -0.39 is 22.5 Å². The van der Waals surface area contributed by atoms with E-state index in [4.69, 9.17) is 0 Å². The number of hydrogen-bond donors (Lipinski definition) is 1. The average Bonchev–Trinajstić information content (AvgIpc) is 2.87. The van der Waals surface area contributed by atoms with Gasteiger partial charge in [-0.25, -0.2) is 0 Å². The summed E-state index contributed by atoms with van der Waals surface area (Å²) in [7, 11) is 0. The molecule has 22 heavy (non-hydrogen) atoms. The van der Waals surface area contributed by atoms with Crippen molar-refractivity contribution in [3.63, 3.8) is 0 Å². The molecule has 6 nitrogen and oxygen atoms in total. The molecule has 3 atom stereocenters. The Bertz CT molecular complexity index is 656. The fraction of sp³-hybridized carbons (Fsp3) is 0.562. The summed E-state index contributed by atoms with van der Waals surface area (Å²) < 4.78 is 0. The zero-order valence-corrected chi connectivity index (χ0v) is 12.9. The summed E-state index contributed by atoms with van der Waals surface area (Å²) in [5, 5.41) is 21.9. The SMILES string of the molecule is C[C@H]1CCC(=O)N1[C@@H]1c2cc([N+](=O)[O-])ccc2C(C)(C)[C@H]1O. The third-order valence-electron chi connectivity index (χ3n) is 5.14. The highest BCUT2D eigenvalue weighted by molar-refractivity contribution is 5.79. The zero-order chi connectivity index (χ0) is 16.2. The number of amides is 1. The molecule has 3 rings (SSSR count). The molecule has 1 amide bonds. The fourth-order valence-corrected chi connectivity index (χ4v) is 3.80. The largest absolute Gasteiger partial charge is 0.390 e. The Morgan fingerprint density at radius 3 is 2.64 bits per heavy atom. The minimum atomic E-state index is -0.769. The Kier molecular flexibility index (Phi) is 3.25. The minimum Gasteiger partial charge on any atom is -0.390 e. The molecule has 1 fully saturated rings. The van der Waals surface area contributed by atoms with Crippen LogP contribution in [-0.4, -0.2) is 33.0 Å². The van der Waals surface area contributed by atoms with Crippen molar-refractivity contribution < 1.29 is 14.8 Å². The average molecular weight is 304 g/mol. The molecule has 0 unspecified atom stereocenters. The second kappa shape index (κ2) is 4.78. The van der Waals surface area contributed by atoms with Gasteiger partial charge in [0.1, 0.15) is 0 Å². The minimum absolute atomic E-state index is 0.00621. The van der Waals surface area contributed by atoms with Crippen LogP contribution in [0.3, 0.4) is 0 Å². The van der Waals surface area contributed by atoms with Crippen LogP contribution in [0.1, 0.15) is 50.8 Å². The van der Waals surface area contributed by atoms with Gasteiger partial charge in [-0.1, -0.05) is 19.9 Å². The number of benzene rings is 1. The molecule has 1 saturated heterocycles. The van der Waals surface area contributed by atoms with Gasteiger partial charge < -0.3 is 10.0 Å². The Morgan fingerprint density at radius 1 is 1.41 bits per heavy atom. The second-order valence-electron chi connectivity index (χ2n) is 6.83. The number of likely N-dealkylation sites (tertiary alicyclic amines) is 1. The molecule has 0 spiro atoms. The summed E-state index contributed by atoms with van der Waals surface area (Å²) in [6.45, 7) is 5.78. The number of aliphatic hydroxyl groups is 1. The van der Waals surface area contributed by atoms with Gasteiger partial charge in [0, 0.05) is 30.0 Å². The summed E-state index contributed by atoms with van der Waals surface area (Å²) in [5.74, 6) is 0.00621. The van der Waals surface area contributed by atoms with Gasteiger partial charge in [0.25, 0.3) is 5.69 Å². The standard InChI is InChI=1S/C16H20N2O4/c1-9-4-7-13(19)17(9)14-11-8-10(18(21)22)5-6-12(11)16(2,3)15(14)20/h5-6,8-9,14-15,20H,4,7H2,1-3H3/t9-,14+,15-/m0/s1. The van der Waals surface area contributed by atoms with Crippen molar-refractivity contribution in [3.05, 3.63) is 39.4 Å². The van der Waals surface area contributed by atoms with Crippen molar-refractivity contribution in [3.8, 4) is 0 Å². The number of fused-ring (bicyclic) bond motifs is 1. The first-order valence-corrected chi connectivity index (χ1v) is 7.53. The predicted molar refractivity (Wildman–Crippen MR) is 80.4 cm³/mol. The van der Waals surface area contributed by atoms with E-state index in [2.05, 4.69) is 0 Å². The lowest BCUT2D eigenvalue weighted by molar-refractivity contribution is -0.385. The number of aliphatic hydroxyl groups excluding tert-OH is 1. The monoisotopic (exact) mass is 304 g/mol. The number of carbonyl (C=O) groups excluding carboxylic acids is 1. The van der Waals surface area contributed by atoms with Crippen LogP contribution in [0.5, 0.6) is 0 Å². The summed E-state index contributed by atoms with van der Waals surface area (Å²) in [4.78, 5) is 24.6. The molecule has 1 aromatic rings. The number of carbonyl (C=O) groups is 1. The third kappa shape index (κ3) is 1.94. The summed E-state index contributed by atoms with van der Waals surface area (Å²) in [6, 6.07) is 4.21. The van der Waals surface area contributed by atoms with Gasteiger partial charge in [-0.3, -0.25) is 14.9 Å². The lowest BCUT2D eigenvalue weighted by atomic mass is 9.84. The van der Waals surface area contributed by atoms with Gasteiger partial charge in [0.2, 0.25) is 5.91 Å². The molecule has 2 aliphatic rings. The van der Waals surface area contributed by atoms with Gasteiger partial charge in [-0.05, 0) is 24.5 Å². The summed E-state index contributed by atoms with van der Waals surface area (Å²) in [6.07, 6.45) is 0.455. The van der Waals surface area contributed by atoms with Crippen molar-refractivity contribution in [2.24, 2.45) is 0 Å². The van der Waals surface area contributed by atoms with Crippen molar-refractivity contribution in [2.75, 3.05) is 0 Å². The molecule has 1 aliphatic heterocycles. The molecule has 0 saturated carbocycles. The Labute approximate surface area is 128 Å². The van der Waals surface area contributed by atoms with Gasteiger partial charge in [0.15, 0.2) is 0 Å². The van der Waals surface area contributed by atoms with Crippen LogP contribution in [0, 0.1) is 10.1 Å². The maximum Gasteiger partial charge on any atom is 0.269 e. The topological polar surface area (TPSA) is 83.7 Å². The molecule has 1 aliphatic carbocycles. The first-order chi connectivity index (χ1) is 10.2.